The molecule has 0 radical (unpaired) electrons. The smallest absolute Gasteiger partial charge is 0.411 e. The highest BCUT2D eigenvalue weighted by atomic mass is 32.1. The minimum Gasteiger partial charge on any atom is -0.481 e. The first-order valence-electron chi connectivity index (χ1n) is 6.43. The minimum atomic E-state index is -1.23. The molecular formula is C13H17NO6S. The predicted molar refractivity (Wildman–Crippen MR) is 77.2 cm³/mol. The lowest BCUT2D eigenvalue weighted by Gasteiger charge is -2.13. The van der Waals surface area contributed by atoms with E-state index in [1.165, 1.54) is 5.38 Å². The van der Waals surface area contributed by atoms with Crippen molar-refractivity contribution in [3.8, 4) is 0 Å². The van der Waals surface area contributed by atoms with E-state index in [0.29, 0.717) is 17.7 Å². The third kappa shape index (κ3) is 4.19. The fourth-order valence-electron chi connectivity index (χ4n) is 1.84. The Labute approximate surface area is 125 Å². The van der Waals surface area contributed by atoms with E-state index >= 15 is 0 Å². The number of carbonyl (C=O) groups is 3. The first kappa shape index (κ1) is 17.0. The van der Waals surface area contributed by atoms with E-state index in [0.717, 1.165) is 11.3 Å². The summed E-state index contributed by atoms with van der Waals surface area (Å²) in [6, 6.07) is 0. The van der Waals surface area contributed by atoms with Crippen molar-refractivity contribution < 1.29 is 29.3 Å². The maximum absolute atomic E-state index is 11.5. The van der Waals surface area contributed by atoms with Crippen molar-refractivity contribution >= 4 is 35.1 Å². The molecule has 0 bridgehead atoms. The Balaban J connectivity index is 3.22. The second-order valence-corrected chi connectivity index (χ2v) is 5.13. The van der Waals surface area contributed by atoms with Gasteiger partial charge in [0.1, 0.15) is 0 Å². The van der Waals surface area contributed by atoms with Crippen LogP contribution in [0, 0.1) is 0 Å². The molecule has 1 atom stereocenters. The number of thiophene rings is 1. The minimum absolute atomic E-state index is 0.00630. The van der Waals surface area contributed by atoms with Gasteiger partial charge in [-0.2, -0.15) is 0 Å². The number of anilines is 1. The Morgan fingerprint density at radius 2 is 2.00 bits per heavy atom. The van der Waals surface area contributed by atoms with E-state index in [9.17, 15) is 19.5 Å². The predicted octanol–water partition coefficient (Wildman–Crippen LogP) is 2.98. The highest BCUT2D eigenvalue weighted by Gasteiger charge is 2.28. The monoisotopic (exact) mass is 315 g/mol. The van der Waals surface area contributed by atoms with Crippen LogP contribution >= 0.6 is 11.3 Å². The number of carbonyl (C=O) groups excluding carboxylic acids is 1. The first-order valence-corrected chi connectivity index (χ1v) is 7.31. The number of carboxylic acid groups (broad SMARTS) is 2. The standard InChI is InChI=1S/C13H17NO6S/c1-3-5-7(11(15)16)10-9(14-13(19)20-4-2)8(6-21-10)12(17)18/h6-7H,3-5H2,1-2H3,(H,14,19)(H,15,16)(H,17,18). The van der Waals surface area contributed by atoms with E-state index in [1.54, 1.807) is 6.92 Å². The Morgan fingerprint density at radius 1 is 1.33 bits per heavy atom. The van der Waals surface area contributed by atoms with Crippen LogP contribution in [0.15, 0.2) is 5.38 Å². The van der Waals surface area contributed by atoms with Crippen molar-refractivity contribution in [2.45, 2.75) is 32.6 Å². The molecule has 0 aromatic carbocycles. The fraction of sp³-hybridized carbons (Fsp3) is 0.462. The van der Waals surface area contributed by atoms with Gasteiger partial charge in [0.05, 0.1) is 23.8 Å². The zero-order valence-corrected chi connectivity index (χ0v) is 12.5. The SMILES string of the molecule is CCCC(C(=O)O)c1scc(C(=O)O)c1NC(=O)OCC. The summed E-state index contributed by atoms with van der Waals surface area (Å²) in [6.45, 7) is 3.58. The molecule has 3 N–H and O–H groups in total. The summed E-state index contributed by atoms with van der Waals surface area (Å²) in [5.74, 6) is -3.14. The summed E-state index contributed by atoms with van der Waals surface area (Å²) >= 11 is 1.01. The summed E-state index contributed by atoms with van der Waals surface area (Å²) in [5.41, 5.74) is -0.128. The maximum atomic E-state index is 11.5. The Kier molecular flexibility index (Phi) is 6.16. The molecule has 1 aromatic heterocycles. The second kappa shape index (κ2) is 7.63. The van der Waals surface area contributed by atoms with E-state index in [1.807, 2.05) is 6.92 Å². The number of hydrogen-bond donors (Lipinski definition) is 3. The largest absolute Gasteiger partial charge is 0.481 e. The summed E-state index contributed by atoms with van der Waals surface area (Å²) in [7, 11) is 0. The zero-order valence-electron chi connectivity index (χ0n) is 11.7. The lowest BCUT2D eigenvalue weighted by molar-refractivity contribution is -0.138. The van der Waals surface area contributed by atoms with Gasteiger partial charge in [-0.05, 0) is 13.3 Å². The maximum Gasteiger partial charge on any atom is 0.411 e. The molecule has 0 fully saturated rings. The quantitative estimate of drug-likeness (QED) is 0.713. The molecule has 7 nitrogen and oxygen atoms in total. The normalized spacial score (nSPS) is 11.7. The number of aliphatic carboxylic acids is 1. The topological polar surface area (TPSA) is 113 Å². The summed E-state index contributed by atoms with van der Waals surface area (Å²) in [4.78, 5) is 34.4. The van der Waals surface area contributed by atoms with Gasteiger partial charge in [-0.3, -0.25) is 10.1 Å². The highest BCUT2D eigenvalue weighted by Crippen LogP contribution is 2.37. The average Bonchev–Trinajstić information content (AvgIpc) is 2.79. The number of ether oxygens (including phenoxy) is 1. The van der Waals surface area contributed by atoms with Crippen LogP contribution in [-0.2, 0) is 9.53 Å². The van der Waals surface area contributed by atoms with Crippen LogP contribution in [0.25, 0.3) is 0 Å². The summed E-state index contributed by atoms with van der Waals surface area (Å²) < 4.78 is 4.72. The van der Waals surface area contributed by atoms with Crippen LogP contribution in [0.4, 0.5) is 10.5 Å². The molecule has 0 saturated carbocycles. The van der Waals surface area contributed by atoms with E-state index in [-0.39, 0.29) is 17.9 Å². The molecule has 8 heteroatoms. The number of amides is 1. The van der Waals surface area contributed by atoms with Crippen LogP contribution in [-0.4, -0.2) is 34.9 Å². The van der Waals surface area contributed by atoms with Crippen LogP contribution in [0.3, 0.4) is 0 Å². The van der Waals surface area contributed by atoms with Gasteiger partial charge in [0.2, 0.25) is 0 Å². The molecule has 1 amide bonds. The van der Waals surface area contributed by atoms with Gasteiger partial charge in [-0.15, -0.1) is 11.3 Å². The van der Waals surface area contributed by atoms with E-state index in [4.69, 9.17) is 9.84 Å². The molecule has 21 heavy (non-hydrogen) atoms. The Morgan fingerprint density at radius 3 is 2.48 bits per heavy atom. The molecule has 0 spiro atoms. The molecule has 1 aromatic rings. The van der Waals surface area contributed by atoms with Crippen molar-refractivity contribution in [2.24, 2.45) is 0 Å². The van der Waals surface area contributed by atoms with Crippen molar-refractivity contribution in [1.82, 2.24) is 0 Å². The zero-order chi connectivity index (χ0) is 16.0. The van der Waals surface area contributed by atoms with Gasteiger partial charge >= 0.3 is 18.0 Å². The van der Waals surface area contributed by atoms with Gasteiger partial charge in [-0.25, -0.2) is 9.59 Å². The Hall–Kier alpha value is -2.09. The molecule has 1 unspecified atom stereocenters. The van der Waals surface area contributed by atoms with Gasteiger partial charge in [-0.1, -0.05) is 13.3 Å². The third-order valence-electron chi connectivity index (χ3n) is 2.74. The van der Waals surface area contributed by atoms with E-state index < -0.39 is 23.9 Å². The number of hydrogen-bond acceptors (Lipinski definition) is 5. The summed E-state index contributed by atoms with van der Waals surface area (Å²) in [6.07, 6.45) is 0.169. The van der Waals surface area contributed by atoms with Crippen LogP contribution < -0.4 is 5.32 Å². The van der Waals surface area contributed by atoms with Crippen molar-refractivity contribution in [3.63, 3.8) is 0 Å². The molecule has 0 saturated heterocycles. The van der Waals surface area contributed by atoms with Gasteiger partial charge in [0, 0.05) is 10.3 Å². The number of carboxylic acids is 2. The van der Waals surface area contributed by atoms with Crippen molar-refractivity contribution in [3.05, 3.63) is 15.8 Å². The molecular weight excluding hydrogens is 298 g/mol. The van der Waals surface area contributed by atoms with Gasteiger partial charge < -0.3 is 14.9 Å². The first-order chi connectivity index (χ1) is 9.92. The Bertz CT molecular complexity index is 539. The lowest BCUT2D eigenvalue weighted by atomic mass is 10.00. The molecule has 1 rings (SSSR count). The van der Waals surface area contributed by atoms with Gasteiger partial charge in [0.25, 0.3) is 0 Å². The molecule has 116 valence electrons. The van der Waals surface area contributed by atoms with Gasteiger partial charge in [0.15, 0.2) is 0 Å². The molecule has 0 aliphatic carbocycles. The number of nitrogens with one attached hydrogen (secondary N) is 1. The molecule has 1 heterocycles. The number of aromatic carboxylic acids is 1. The van der Waals surface area contributed by atoms with Crippen molar-refractivity contribution in [2.75, 3.05) is 11.9 Å². The molecule has 0 aliphatic heterocycles. The number of rotatable bonds is 7. The summed E-state index contributed by atoms with van der Waals surface area (Å²) in [5, 5.41) is 22.1. The van der Waals surface area contributed by atoms with E-state index in [2.05, 4.69) is 5.32 Å². The average molecular weight is 315 g/mol. The second-order valence-electron chi connectivity index (χ2n) is 4.22. The van der Waals surface area contributed by atoms with Crippen LogP contribution in [0.5, 0.6) is 0 Å². The third-order valence-corrected chi connectivity index (χ3v) is 3.84. The van der Waals surface area contributed by atoms with Crippen molar-refractivity contribution in [1.29, 1.82) is 0 Å². The fourth-order valence-corrected chi connectivity index (χ4v) is 2.97. The van der Waals surface area contributed by atoms with Crippen LogP contribution in [0.2, 0.25) is 0 Å². The highest BCUT2D eigenvalue weighted by molar-refractivity contribution is 7.11. The lowest BCUT2D eigenvalue weighted by Crippen LogP contribution is -2.18. The van der Waals surface area contributed by atoms with Crippen LogP contribution in [0.1, 0.15) is 47.8 Å². The molecule has 0 aliphatic rings.